The Morgan fingerprint density at radius 2 is 1.93 bits per heavy atom. The number of thiophene rings is 1. The van der Waals surface area contributed by atoms with E-state index in [1.807, 2.05) is 55.5 Å². The number of fused-ring (bicyclic) bond motifs is 1. The van der Waals surface area contributed by atoms with Gasteiger partial charge in [0.1, 0.15) is 11.1 Å². The molecule has 146 valence electrons. The number of nitrogens with one attached hydrogen (secondary N) is 1. The number of aryl methyl sites for hydroxylation is 1. The van der Waals surface area contributed by atoms with Crippen LogP contribution in [0, 0.1) is 18.3 Å². The summed E-state index contributed by atoms with van der Waals surface area (Å²) >= 11 is 1.46. The van der Waals surface area contributed by atoms with Gasteiger partial charge in [-0.3, -0.25) is 4.79 Å². The fraction of sp³-hybridized carbons (Fsp3) is 0.217. The van der Waals surface area contributed by atoms with Crippen LogP contribution in [0.5, 0.6) is 11.5 Å². The predicted molar refractivity (Wildman–Crippen MR) is 113 cm³/mol. The van der Waals surface area contributed by atoms with Crippen LogP contribution in [0.15, 0.2) is 48.5 Å². The number of rotatable bonds is 6. The Morgan fingerprint density at radius 3 is 2.72 bits per heavy atom. The number of hydrogen-bond acceptors (Lipinski definition) is 5. The van der Waals surface area contributed by atoms with E-state index in [9.17, 15) is 10.1 Å². The zero-order chi connectivity index (χ0) is 20.2. The summed E-state index contributed by atoms with van der Waals surface area (Å²) in [5.41, 5.74) is 3.64. The van der Waals surface area contributed by atoms with Gasteiger partial charge in [0.2, 0.25) is 12.7 Å². The summed E-state index contributed by atoms with van der Waals surface area (Å²) in [6, 6.07) is 18.0. The highest BCUT2D eigenvalue weighted by Crippen LogP contribution is 2.37. The van der Waals surface area contributed by atoms with E-state index in [-0.39, 0.29) is 12.7 Å². The van der Waals surface area contributed by atoms with Gasteiger partial charge in [0, 0.05) is 17.7 Å². The molecule has 0 fully saturated rings. The van der Waals surface area contributed by atoms with E-state index in [0.717, 1.165) is 33.1 Å². The number of nitrogens with zero attached hydrogens (tertiary/aromatic N) is 1. The molecule has 29 heavy (non-hydrogen) atoms. The molecule has 0 bridgehead atoms. The fourth-order valence-corrected chi connectivity index (χ4v) is 4.49. The molecule has 0 aliphatic carbocycles. The Kier molecular flexibility index (Phi) is 5.50. The molecule has 1 aliphatic rings. The van der Waals surface area contributed by atoms with Crippen LogP contribution in [0.3, 0.4) is 0 Å². The molecule has 1 aliphatic heterocycles. The van der Waals surface area contributed by atoms with Crippen molar-refractivity contribution in [3.63, 3.8) is 0 Å². The average Bonchev–Trinajstić information content (AvgIpc) is 3.31. The third-order valence-electron chi connectivity index (χ3n) is 4.90. The van der Waals surface area contributed by atoms with Gasteiger partial charge in [0.05, 0.1) is 5.56 Å². The number of ether oxygens (including phenoxy) is 2. The third-order valence-corrected chi connectivity index (χ3v) is 6.10. The molecule has 3 aromatic rings. The number of anilines is 1. The summed E-state index contributed by atoms with van der Waals surface area (Å²) in [7, 11) is 0. The van der Waals surface area contributed by atoms with Crippen molar-refractivity contribution >= 4 is 22.2 Å². The standard InChI is InChI=1S/C23H20N2O3S/c1-15-18(13-24)23(25-22(26)10-8-16-5-3-2-4-6-16)29-21(15)12-17-7-9-19-20(11-17)28-14-27-19/h2-7,9,11H,8,10,12,14H2,1H3,(H,25,26). The quantitative estimate of drug-likeness (QED) is 0.639. The average molecular weight is 404 g/mol. The summed E-state index contributed by atoms with van der Waals surface area (Å²) < 4.78 is 10.8. The van der Waals surface area contributed by atoms with Crippen molar-refractivity contribution in [1.82, 2.24) is 0 Å². The Balaban J connectivity index is 1.47. The van der Waals surface area contributed by atoms with E-state index in [0.29, 0.717) is 29.8 Å². The van der Waals surface area contributed by atoms with Crippen LogP contribution in [-0.2, 0) is 17.6 Å². The van der Waals surface area contributed by atoms with E-state index in [1.54, 1.807) is 0 Å². The molecule has 2 heterocycles. The Hall–Kier alpha value is -3.30. The molecule has 0 radical (unpaired) electrons. The molecule has 0 unspecified atom stereocenters. The summed E-state index contributed by atoms with van der Waals surface area (Å²) in [6.45, 7) is 2.17. The highest BCUT2D eigenvalue weighted by atomic mass is 32.1. The van der Waals surface area contributed by atoms with Crippen LogP contribution >= 0.6 is 11.3 Å². The van der Waals surface area contributed by atoms with Gasteiger partial charge in [0.15, 0.2) is 11.5 Å². The third kappa shape index (κ3) is 4.25. The van der Waals surface area contributed by atoms with Crippen LogP contribution in [0.4, 0.5) is 5.00 Å². The molecule has 0 saturated heterocycles. The van der Waals surface area contributed by atoms with Crippen molar-refractivity contribution in [2.24, 2.45) is 0 Å². The smallest absolute Gasteiger partial charge is 0.231 e. The van der Waals surface area contributed by atoms with Crippen molar-refractivity contribution in [3.8, 4) is 17.6 Å². The molecule has 0 spiro atoms. The van der Waals surface area contributed by atoms with Crippen LogP contribution in [0.1, 0.15) is 33.6 Å². The largest absolute Gasteiger partial charge is 0.454 e. The predicted octanol–water partition coefficient (Wildman–Crippen LogP) is 4.82. The Labute approximate surface area is 173 Å². The van der Waals surface area contributed by atoms with Gasteiger partial charge in [0.25, 0.3) is 0 Å². The maximum atomic E-state index is 12.4. The first-order valence-corrected chi connectivity index (χ1v) is 10.2. The number of carbonyl (C=O) groups excluding carboxylic acids is 1. The second-order valence-corrected chi connectivity index (χ2v) is 7.97. The number of nitriles is 1. The van der Waals surface area contributed by atoms with E-state index in [2.05, 4.69) is 11.4 Å². The van der Waals surface area contributed by atoms with Crippen molar-refractivity contribution < 1.29 is 14.3 Å². The molecule has 1 amide bonds. The summed E-state index contributed by atoms with van der Waals surface area (Å²) in [4.78, 5) is 13.5. The van der Waals surface area contributed by atoms with Crippen LogP contribution in [-0.4, -0.2) is 12.7 Å². The van der Waals surface area contributed by atoms with E-state index in [1.165, 1.54) is 11.3 Å². The first-order valence-electron chi connectivity index (χ1n) is 9.38. The topological polar surface area (TPSA) is 71.3 Å². The highest BCUT2D eigenvalue weighted by Gasteiger charge is 2.19. The maximum Gasteiger partial charge on any atom is 0.231 e. The molecule has 6 heteroatoms. The molecule has 1 N–H and O–H groups in total. The van der Waals surface area contributed by atoms with E-state index in [4.69, 9.17) is 9.47 Å². The van der Waals surface area contributed by atoms with Gasteiger partial charge < -0.3 is 14.8 Å². The fourth-order valence-electron chi connectivity index (χ4n) is 3.28. The lowest BCUT2D eigenvalue weighted by Gasteiger charge is -2.04. The second kappa shape index (κ2) is 8.38. The van der Waals surface area contributed by atoms with Crippen molar-refractivity contribution in [2.75, 3.05) is 12.1 Å². The number of amides is 1. The first-order chi connectivity index (χ1) is 14.1. The van der Waals surface area contributed by atoms with E-state index < -0.39 is 0 Å². The molecule has 1 aromatic heterocycles. The SMILES string of the molecule is Cc1c(Cc2ccc3c(c2)OCO3)sc(NC(=O)CCc2ccccc2)c1C#N. The van der Waals surface area contributed by atoms with Gasteiger partial charge in [-0.1, -0.05) is 36.4 Å². The van der Waals surface area contributed by atoms with Gasteiger partial charge in [-0.05, 0) is 42.2 Å². The first kappa shape index (κ1) is 19.0. The molecular formula is C23H20N2O3S. The van der Waals surface area contributed by atoms with Gasteiger partial charge in [-0.25, -0.2) is 0 Å². The van der Waals surface area contributed by atoms with Crippen LogP contribution in [0.2, 0.25) is 0 Å². The lowest BCUT2D eigenvalue weighted by molar-refractivity contribution is -0.116. The van der Waals surface area contributed by atoms with E-state index >= 15 is 0 Å². The Morgan fingerprint density at radius 1 is 1.14 bits per heavy atom. The zero-order valence-corrected chi connectivity index (χ0v) is 16.8. The summed E-state index contributed by atoms with van der Waals surface area (Å²) in [6.07, 6.45) is 1.72. The molecular weight excluding hydrogens is 384 g/mol. The second-order valence-electron chi connectivity index (χ2n) is 6.86. The lowest BCUT2D eigenvalue weighted by Crippen LogP contribution is -2.12. The summed E-state index contributed by atoms with van der Waals surface area (Å²) in [5, 5.41) is 13.2. The number of hydrogen-bond donors (Lipinski definition) is 1. The minimum Gasteiger partial charge on any atom is -0.454 e. The normalized spacial score (nSPS) is 11.9. The van der Waals surface area contributed by atoms with Gasteiger partial charge in [-0.2, -0.15) is 5.26 Å². The van der Waals surface area contributed by atoms with Crippen LogP contribution < -0.4 is 14.8 Å². The van der Waals surface area contributed by atoms with Crippen molar-refractivity contribution in [2.45, 2.75) is 26.2 Å². The minimum absolute atomic E-state index is 0.0822. The van der Waals surface area contributed by atoms with Gasteiger partial charge >= 0.3 is 0 Å². The minimum atomic E-state index is -0.0822. The molecule has 2 aromatic carbocycles. The van der Waals surface area contributed by atoms with Crippen molar-refractivity contribution in [3.05, 3.63) is 75.7 Å². The zero-order valence-electron chi connectivity index (χ0n) is 16.0. The molecule has 0 saturated carbocycles. The summed E-state index contributed by atoms with van der Waals surface area (Å²) in [5.74, 6) is 1.41. The Bertz CT molecular complexity index is 1080. The monoisotopic (exact) mass is 404 g/mol. The van der Waals surface area contributed by atoms with Crippen molar-refractivity contribution in [1.29, 1.82) is 5.26 Å². The van der Waals surface area contributed by atoms with Gasteiger partial charge in [-0.15, -0.1) is 11.3 Å². The maximum absolute atomic E-state index is 12.4. The molecule has 0 atom stereocenters. The number of carbonyl (C=O) groups is 1. The van der Waals surface area contributed by atoms with Crippen LogP contribution in [0.25, 0.3) is 0 Å². The lowest BCUT2D eigenvalue weighted by atomic mass is 10.1. The highest BCUT2D eigenvalue weighted by molar-refractivity contribution is 7.16. The molecule has 4 rings (SSSR count). The molecule has 5 nitrogen and oxygen atoms in total. The number of benzene rings is 2.